The van der Waals surface area contributed by atoms with Crippen LogP contribution in [0.3, 0.4) is 0 Å². The van der Waals surface area contributed by atoms with Crippen LogP contribution in [-0.4, -0.2) is 30.9 Å². The van der Waals surface area contributed by atoms with Gasteiger partial charge in [0.05, 0.1) is 12.3 Å². The molecule has 0 rings (SSSR count). The number of carbonyl (C=O) groups is 2. The van der Waals surface area contributed by atoms with Crippen molar-refractivity contribution in [2.24, 2.45) is 11.6 Å². The summed E-state index contributed by atoms with van der Waals surface area (Å²) < 4.78 is 4.43. The van der Waals surface area contributed by atoms with Crippen molar-refractivity contribution in [3.05, 3.63) is 11.9 Å². The lowest BCUT2D eigenvalue weighted by Gasteiger charge is -2.12. The second-order valence-electron chi connectivity index (χ2n) is 2.31. The van der Waals surface area contributed by atoms with Gasteiger partial charge < -0.3 is 15.5 Å². The van der Waals surface area contributed by atoms with Crippen LogP contribution in [0.25, 0.3) is 0 Å². The number of nitrogens with two attached hydrogens (primary N) is 2. The van der Waals surface area contributed by atoms with Crippen molar-refractivity contribution in [3.8, 4) is 0 Å². The number of hydrazine groups is 1. The van der Waals surface area contributed by atoms with E-state index in [1.807, 2.05) is 0 Å². The Morgan fingerprint density at radius 2 is 2.15 bits per heavy atom. The molecule has 0 saturated heterocycles. The van der Waals surface area contributed by atoms with Crippen LogP contribution in [0.5, 0.6) is 0 Å². The minimum Gasteiger partial charge on any atom is -0.468 e. The zero-order valence-electron chi connectivity index (χ0n) is 7.18. The molecule has 0 atom stereocenters. The first kappa shape index (κ1) is 11.4. The van der Waals surface area contributed by atoms with E-state index in [0.29, 0.717) is 32.3 Å². The van der Waals surface area contributed by atoms with E-state index in [-0.39, 0.29) is 5.70 Å². The number of carbonyl (C=O) groups excluding carboxylic acids is 2. The molecular formula is C7H13N3O3. The third kappa shape index (κ3) is 6.82. The molecule has 0 aromatic carbocycles. The molecule has 0 aromatic rings. The average molecular weight is 187 g/mol. The Morgan fingerprint density at radius 1 is 1.46 bits per heavy atom. The molecule has 74 valence electrons. The van der Waals surface area contributed by atoms with Crippen LogP contribution in [0, 0.1) is 0 Å². The smallest absolute Gasteiger partial charge is 0.293 e. The van der Waals surface area contributed by atoms with Gasteiger partial charge in [0.2, 0.25) is 0 Å². The summed E-state index contributed by atoms with van der Waals surface area (Å²) in [6, 6.07) is 0. The predicted molar refractivity (Wildman–Crippen MR) is 45.9 cm³/mol. The largest absolute Gasteiger partial charge is 0.468 e. The Morgan fingerprint density at radius 3 is 2.69 bits per heavy atom. The Balaban J connectivity index is 3.56. The highest BCUT2D eigenvalue weighted by atomic mass is 16.5. The van der Waals surface area contributed by atoms with E-state index in [1.54, 1.807) is 0 Å². The maximum Gasteiger partial charge on any atom is 0.293 e. The predicted octanol–water partition coefficient (Wildman–Crippen LogP) is -1.28. The molecule has 0 aliphatic heterocycles. The summed E-state index contributed by atoms with van der Waals surface area (Å²) in [5.41, 5.74) is 5.24. The topological polar surface area (TPSA) is 98.7 Å². The summed E-state index contributed by atoms with van der Waals surface area (Å²) in [7, 11) is 0. The molecule has 0 heterocycles. The van der Waals surface area contributed by atoms with E-state index < -0.39 is 0 Å². The minimum absolute atomic E-state index is 0.0544. The number of rotatable bonds is 7. The summed E-state index contributed by atoms with van der Waals surface area (Å²) in [6.07, 6.45) is 2.40. The van der Waals surface area contributed by atoms with Crippen molar-refractivity contribution in [2.75, 3.05) is 13.2 Å². The molecular weight excluding hydrogens is 174 g/mol. The van der Waals surface area contributed by atoms with E-state index in [1.165, 1.54) is 11.2 Å². The second-order valence-corrected chi connectivity index (χ2v) is 2.31. The molecule has 0 unspecified atom stereocenters. The number of hydrogen-bond donors (Lipinski definition) is 2. The highest BCUT2D eigenvalue weighted by Crippen LogP contribution is 1.87. The van der Waals surface area contributed by atoms with Crippen molar-refractivity contribution in [2.45, 2.75) is 6.42 Å². The van der Waals surface area contributed by atoms with E-state index in [4.69, 9.17) is 11.6 Å². The van der Waals surface area contributed by atoms with Crippen LogP contribution in [0.15, 0.2) is 11.9 Å². The van der Waals surface area contributed by atoms with Gasteiger partial charge >= 0.3 is 0 Å². The lowest BCUT2D eigenvalue weighted by atomic mass is 10.4. The fraction of sp³-hybridized carbons (Fsp3) is 0.429. The third-order valence-electron chi connectivity index (χ3n) is 1.20. The van der Waals surface area contributed by atoms with Gasteiger partial charge in [0.15, 0.2) is 6.29 Å². The summed E-state index contributed by atoms with van der Waals surface area (Å²) in [5, 5.41) is 1.26. The monoisotopic (exact) mass is 187 g/mol. The second kappa shape index (κ2) is 7.11. The molecule has 13 heavy (non-hydrogen) atoms. The van der Waals surface area contributed by atoms with Gasteiger partial charge in [-0.2, -0.15) is 0 Å². The highest BCUT2D eigenvalue weighted by molar-refractivity contribution is 5.71. The molecule has 0 fully saturated rings. The van der Waals surface area contributed by atoms with Crippen LogP contribution in [0.4, 0.5) is 0 Å². The van der Waals surface area contributed by atoms with Gasteiger partial charge in [-0.05, 0) is 0 Å². The lowest BCUT2D eigenvalue weighted by Crippen LogP contribution is -2.28. The first-order valence-corrected chi connectivity index (χ1v) is 3.69. The van der Waals surface area contributed by atoms with Crippen LogP contribution >= 0.6 is 0 Å². The summed E-state index contributed by atoms with van der Waals surface area (Å²) in [4.78, 5) is 19.8. The van der Waals surface area contributed by atoms with Crippen molar-refractivity contribution in [1.29, 1.82) is 0 Å². The number of aldehydes is 1. The SMILES string of the molecule is N/C(C=O)=C\N(N)CCCOC=O. The van der Waals surface area contributed by atoms with Crippen molar-refractivity contribution in [1.82, 2.24) is 5.01 Å². The molecule has 0 aromatic heterocycles. The molecule has 0 saturated carbocycles. The molecule has 4 N–H and O–H groups in total. The number of hydrogen-bond acceptors (Lipinski definition) is 6. The molecule has 0 bridgehead atoms. The number of nitrogens with zero attached hydrogens (tertiary/aromatic N) is 1. The molecule has 0 aliphatic rings. The first-order valence-electron chi connectivity index (χ1n) is 3.69. The van der Waals surface area contributed by atoms with Crippen molar-refractivity contribution < 1.29 is 14.3 Å². The average Bonchev–Trinajstić information content (AvgIpc) is 2.12. The standard InChI is InChI=1S/C7H13N3O3/c8-7(5-11)4-10(9)2-1-3-13-6-12/h4-6H,1-3,8-9H2/b7-4-. The molecule has 6 heteroatoms. The van der Waals surface area contributed by atoms with Crippen LogP contribution in [0.2, 0.25) is 0 Å². The Labute approximate surface area is 76.1 Å². The van der Waals surface area contributed by atoms with Gasteiger partial charge in [-0.1, -0.05) is 0 Å². The lowest BCUT2D eigenvalue weighted by molar-refractivity contribution is -0.128. The summed E-state index contributed by atoms with van der Waals surface area (Å²) in [5.74, 6) is 5.41. The highest BCUT2D eigenvalue weighted by Gasteiger charge is 1.94. The number of allylic oxidation sites excluding steroid dienone is 1. The maximum absolute atomic E-state index is 10.1. The quantitative estimate of drug-likeness (QED) is 0.169. The van der Waals surface area contributed by atoms with Crippen LogP contribution in [0.1, 0.15) is 6.42 Å². The number of ether oxygens (including phenoxy) is 1. The van der Waals surface area contributed by atoms with Crippen molar-refractivity contribution >= 4 is 12.8 Å². The zero-order valence-corrected chi connectivity index (χ0v) is 7.18. The fourth-order valence-corrected chi connectivity index (χ4v) is 0.665. The van der Waals surface area contributed by atoms with E-state index in [2.05, 4.69) is 4.74 Å². The van der Waals surface area contributed by atoms with Gasteiger partial charge in [0.25, 0.3) is 6.47 Å². The van der Waals surface area contributed by atoms with Gasteiger partial charge in [0.1, 0.15) is 0 Å². The van der Waals surface area contributed by atoms with E-state index in [9.17, 15) is 9.59 Å². The summed E-state index contributed by atoms with van der Waals surface area (Å²) >= 11 is 0. The fourth-order valence-electron chi connectivity index (χ4n) is 0.665. The van der Waals surface area contributed by atoms with Crippen LogP contribution in [-0.2, 0) is 14.3 Å². The van der Waals surface area contributed by atoms with Gasteiger partial charge in [-0.3, -0.25) is 9.59 Å². The van der Waals surface area contributed by atoms with Gasteiger partial charge in [-0.25, -0.2) is 5.84 Å². The van der Waals surface area contributed by atoms with Crippen LogP contribution < -0.4 is 11.6 Å². The Kier molecular flexibility index (Phi) is 6.26. The first-order chi connectivity index (χ1) is 6.20. The third-order valence-corrected chi connectivity index (χ3v) is 1.20. The molecule has 0 radical (unpaired) electrons. The Bertz CT molecular complexity index is 193. The molecule has 0 spiro atoms. The maximum atomic E-state index is 10.1. The molecule has 0 aliphatic carbocycles. The van der Waals surface area contributed by atoms with Gasteiger partial charge in [0, 0.05) is 19.2 Å². The summed E-state index contributed by atoms with van der Waals surface area (Å²) in [6.45, 7) is 1.13. The Hall–Kier alpha value is -1.56. The van der Waals surface area contributed by atoms with E-state index in [0.717, 1.165) is 0 Å². The minimum atomic E-state index is 0.0544. The molecule has 6 nitrogen and oxygen atoms in total. The van der Waals surface area contributed by atoms with E-state index >= 15 is 0 Å². The zero-order chi connectivity index (χ0) is 10.1. The molecule has 0 amide bonds. The normalized spacial score (nSPS) is 10.7. The van der Waals surface area contributed by atoms with Gasteiger partial charge in [-0.15, -0.1) is 0 Å². The van der Waals surface area contributed by atoms with Crippen molar-refractivity contribution in [3.63, 3.8) is 0 Å².